The summed E-state index contributed by atoms with van der Waals surface area (Å²) >= 11 is 0. The summed E-state index contributed by atoms with van der Waals surface area (Å²) < 4.78 is 2.21. The van der Waals surface area contributed by atoms with Crippen molar-refractivity contribution in [1.29, 1.82) is 5.26 Å². The predicted octanol–water partition coefficient (Wildman–Crippen LogP) is 2.25. The Bertz CT molecular complexity index is 519. The van der Waals surface area contributed by atoms with Crippen molar-refractivity contribution in [3.05, 3.63) is 36.0 Å². The molecule has 0 saturated carbocycles. The maximum atomic E-state index is 8.81. The summed E-state index contributed by atoms with van der Waals surface area (Å²) in [4.78, 5) is 0. The topological polar surface area (TPSA) is 54.7 Å². The number of benzene rings is 1. The zero-order chi connectivity index (χ0) is 11.4. The molecule has 2 aromatic rings. The highest BCUT2D eigenvalue weighted by Crippen LogP contribution is 2.17. The van der Waals surface area contributed by atoms with Crippen molar-refractivity contribution in [3.63, 3.8) is 0 Å². The highest BCUT2D eigenvalue weighted by molar-refractivity contribution is 5.81. The molecule has 0 fully saturated rings. The molecule has 3 heteroatoms. The second kappa shape index (κ2) is 4.82. The molecule has 0 aliphatic rings. The fraction of sp³-hybridized carbons (Fsp3) is 0.308. The van der Waals surface area contributed by atoms with Crippen LogP contribution in [0.4, 0.5) is 0 Å². The van der Waals surface area contributed by atoms with Crippen LogP contribution in [0.3, 0.4) is 0 Å². The van der Waals surface area contributed by atoms with Gasteiger partial charge < -0.3 is 10.3 Å². The van der Waals surface area contributed by atoms with Crippen LogP contribution in [-0.4, -0.2) is 11.1 Å². The molecule has 0 radical (unpaired) electrons. The summed E-state index contributed by atoms with van der Waals surface area (Å²) in [5.74, 6) is 0. The van der Waals surface area contributed by atoms with Gasteiger partial charge in [0.15, 0.2) is 0 Å². The summed E-state index contributed by atoms with van der Waals surface area (Å²) in [7, 11) is 0. The lowest BCUT2D eigenvalue weighted by Gasteiger charge is -2.04. The number of aromatic nitrogens is 1. The molecule has 16 heavy (non-hydrogen) atoms. The van der Waals surface area contributed by atoms with Crippen LogP contribution in [0.2, 0.25) is 0 Å². The Balaban J connectivity index is 2.25. The van der Waals surface area contributed by atoms with Crippen molar-refractivity contribution < 1.29 is 0 Å². The second-order valence-corrected chi connectivity index (χ2v) is 3.89. The molecule has 0 atom stereocenters. The van der Waals surface area contributed by atoms with Gasteiger partial charge in [0.1, 0.15) is 0 Å². The number of unbranched alkanes of at least 4 members (excludes halogenated alkanes) is 1. The van der Waals surface area contributed by atoms with Gasteiger partial charge in [0, 0.05) is 23.6 Å². The van der Waals surface area contributed by atoms with Crippen LogP contribution < -0.4 is 5.73 Å². The third kappa shape index (κ3) is 2.07. The third-order valence-electron chi connectivity index (χ3n) is 2.75. The lowest BCUT2D eigenvalue weighted by molar-refractivity contribution is 0.630. The zero-order valence-electron chi connectivity index (χ0n) is 9.19. The van der Waals surface area contributed by atoms with Crippen molar-refractivity contribution in [2.45, 2.75) is 19.4 Å². The Kier molecular flexibility index (Phi) is 3.23. The van der Waals surface area contributed by atoms with Crippen LogP contribution in [0.15, 0.2) is 30.5 Å². The molecule has 1 heterocycles. The first-order valence-corrected chi connectivity index (χ1v) is 5.54. The Hall–Kier alpha value is -1.79. The Morgan fingerprint density at radius 3 is 2.88 bits per heavy atom. The highest BCUT2D eigenvalue weighted by Gasteiger charge is 2.01. The van der Waals surface area contributed by atoms with Gasteiger partial charge in [-0.25, -0.2) is 0 Å². The van der Waals surface area contributed by atoms with E-state index in [1.54, 1.807) is 0 Å². The van der Waals surface area contributed by atoms with Crippen LogP contribution in [0.1, 0.15) is 18.4 Å². The number of nitrogens with zero attached hydrogens (tertiary/aromatic N) is 2. The normalized spacial score (nSPS) is 10.5. The van der Waals surface area contributed by atoms with Gasteiger partial charge >= 0.3 is 0 Å². The van der Waals surface area contributed by atoms with Gasteiger partial charge in [-0.3, -0.25) is 0 Å². The molecule has 1 aromatic carbocycles. The number of fused-ring (bicyclic) bond motifs is 1. The second-order valence-electron chi connectivity index (χ2n) is 3.89. The molecule has 82 valence electrons. The van der Waals surface area contributed by atoms with Gasteiger partial charge in [0.2, 0.25) is 0 Å². The van der Waals surface area contributed by atoms with Gasteiger partial charge in [-0.2, -0.15) is 5.26 Å². The average molecular weight is 213 g/mol. The number of hydrogen-bond donors (Lipinski definition) is 1. The molecule has 0 aliphatic heterocycles. The first-order chi connectivity index (χ1) is 7.85. The maximum Gasteiger partial charge on any atom is 0.0991 e. The highest BCUT2D eigenvalue weighted by atomic mass is 14.9. The molecule has 3 nitrogen and oxygen atoms in total. The van der Waals surface area contributed by atoms with E-state index in [2.05, 4.69) is 22.9 Å². The van der Waals surface area contributed by atoms with E-state index in [9.17, 15) is 0 Å². The third-order valence-corrected chi connectivity index (χ3v) is 2.75. The van der Waals surface area contributed by atoms with E-state index >= 15 is 0 Å². The van der Waals surface area contributed by atoms with Crippen molar-refractivity contribution in [2.75, 3.05) is 6.54 Å². The minimum absolute atomic E-state index is 0.715. The first kappa shape index (κ1) is 10.7. The van der Waals surface area contributed by atoms with Crippen molar-refractivity contribution in [3.8, 4) is 6.07 Å². The van der Waals surface area contributed by atoms with Gasteiger partial charge in [0.25, 0.3) is 0 Å². The van der Waals surface area contributed by atoms with E-state index in [0.717, 1.165) is 31.3 Å². The van der Waals surface area contributed by atoms with Gasteiger partial charge in [-0.1, -0.05) is 0 Å². The number of nitrogens with two attached hydrogens (primary N) is 1. The molecular weight excluding hydrogens is 198 g/mol. The molecule has 0 unspecified atom stereocenters. The fourth-order valence-electron chi connectivity index (χ4n) is 1.89. The largest absolute Gasteiger partial charge is 0.347 e. The zero-order valence-corrected chi connectivity index (χ0v) is 9.19. The quantitative estimate of drug-likeness (QED) is 0.792. The Morgan fingerprint density at radius 1 is 1.25 bits per heavy atom. The molecule has 0 amide bonds. The van der Waals surface area contributed by atoms with E-state index in [4.69, 9.17) is 11.0 Å². The first-order valence-electron chi connectivity index (χ1n) is 5.54. The molecule has 1 aromatic heterocycles. The number of hydrogen-bond acceptors (Lipinski definition) is 2. The van der Waals surface area contributed by atoms with Crippen LogP contribution in [-0.2, 0) is 6.54 Å². The Morgan fingerprint density at radius 2 is 2.12 bits per heavy atom. The summed E-state index contributed by atoms with van der Waals surface area (Å²) in [6.45, 7) is 1.74. The van der Waals surface area contributed by atoms with Crippen LogP contribution in [0.5, 0.6) is 0 Å². The lowest BCUT2D eigenvalue weighted by atomic mass is 10.2. The maximum absolute atomic E-state index is 8.81. The standard InChI is InChI=1S/C13H15N3/c14-6-1-2-7-16-8-5-12-9-11(10-15)3-4-13(12)16/h3-5,8-9H,1-2,6-7,14H2. The van der Waals surface area contributed by atoms with Crippen LogP contribution in [0.25, 0.3) is 10.9 Å². The molecule has 0 bridgehead atoms. The summed E-state index contributed by atoms with van der Waals surface area (Å²) in [6.07, 6.45) is 4.22. The van der Waals surface area contributed by atoms with E-state index in [0.29, 0.717) is 5.56 Å². The molecule has 0 saturated heterocycles. The average Bonchev–Trinajstić information content (AvgIpc) is 2.72. The lowest BCUT2D eigenvalue weighted by Crippen LogP contribution is -2.02. The van der Waals surface area contributed by atoms with Gasteiger partial charge in [-0.15, -0.1) is 0 Å². The fourth-order valence-corrected chi connectivity index (χ4v) is 1.89. The van der Waals surface area contributed by atoms with E-state index in [-0.39, 0.29) is 0 Å². The summed E-state index contributed by atoms with van der Waals surface area (Å²) in [5, 5.41) is 9.94. The van der Waals surface area contributed by atoms with Crippen molar-refractivity contribution >= 4 is 10.9 Å². The molecule has 2 rings (SSSR count). The van der Waals surface area contributed by atoms with Crippen LogP contribution in [0, 0.1) is 11.3 Å². The molecule has 0 aliphatic carbocycles. The van der Waals surface area contributed by atoms with Crippen molar-refractivity contribution in [2.24, 2.45) is 5.73 Å². The number of nitriles is 1. The number of aryl methyl sites for hydroxylation is 1. The Labute approximate surface area is 95.1 Å². The van der Waals surface area contributed by atoms with E-state index in [1.165, 1.54) is 5.52 Å². The molecule has 2 N–H and O–H groups in total. The van der Waals surface area contributed by atoms with Gasteiger partial charge in [0.05, 0.1) is 11.6 Å². The minimum atomic E-state index is 0.715. The van der Waals surface area contributed by atoms with Crippen molar-refractivity contribution in [1.82, 2.24) is 4.57 Å². The monoisotopic (exact) mass is 213 g/mol. The predicted molar refractivity (Wildman–Crippen MR) is 64.9 cm³/mol. The summed E-state index contributed by atoms with van der Waals surface area (Å²) in [5.41, 5.74) is 7.38. The molecular formula is C13H15N3. The summed E-state index contributed by atoms with van der Waals surface area (Å²) in [6, 6.07) is 10.0. The SMILES string of the molecule is N#Cc1ccc2c(ccn2CCCCN)c1. The molecule has 0 spiro atoms. The smallest absolute Gasteiger partial charge is 0.0991 e. The van der Waals surface area contributed by atoms with E-state index in [1.807, 2.05) is 18.2 Å². The number of rotatable bonds is 4. The van der Waals surface area contributed by atoms with Gasteiger partial charge in [-0.05, 0) is 43.7 Å². The van der Waals surface area contributed by atoms with Crippen LogP contribution >= 0.6 is 0 Å². The van der Waals surface area contributed by atoms with E-state index < -0.39 is 0 Å². The minimum Gasteiger partial charge on any atom is -0.347 e.